The van der Waals surface area contributed by atoms with Gasteiger partial charge in [0.1, 0.15) is 0 Å². The second-order valence-corrected chi connectivity index (χ2v) is 7.15. The first-order valence-corrected chi connectivity index (χ1v) is 9.02. The van der Waals surface area contributed by atoms with E-state index in [1.165, 1.54) is 12.0 Å². The maximum absolute atomic E-state index is 12.6. The van der Waals surface area contributed by atoms with Crippen LogP contribution in [-0.2, 0) is 4.74 Å². The number of hydrogen-bond acceptors (Lipinski definition) is 3. The lowest BCUT2D eigenvalue weighted by molar-refractivity contribution is 0.00112. The van der Waals surface area contributed by atoms with E-state index in [-0.39, 0.29) is 18.2 Å². The summed E-state index contributed by atoms with van der Waals surface area (Å²) in [5.74, 6) is 0. The average Bonchev–Trinajstić information content (AvgIpc) is 2.63. The van der Waals surface area contributed by atoms with E-state index in [4.69, 9.17) is 4.74 Å². The van der Waals surface area contributed by atoms with Crippen molar-refractivity contribution in [3.63, 3.8) is 0 Å². The molecular weight excluding hydrogens is 302 g/mol. The Morgan fingerprint density at radius 2 is 2.04 bits per heavy atom. The van der Waals surface area contributed by atoms with Crippen molar-refractivity contribution in [3.8, 4) is 0 Å². The van der Waals surface area contributed by atoms with E-state index in [1.54, 1.807) is 0 Å². The first-order chi connectivity index (χ1) is 11.6. The van der Waals surface area contributed by atoms with Gasteiger partial charge in [-0.1, -0.05) is 30.3 Å². The third-order valence-corrected chi connectivity index (χ3v) is 5.20. The molecule has 1 aromatic rings. The minimum Gasteiger partial charge on any atom is -0.373 e. The molecule has 2 fully saturated rings. The Morgan fingerprint density at radius 3 is 2.79 bits per heavy atom. The van der Waals surface area contributed by atoms with Crippen LogP contribution in [0.5, 0.6) is 0 Å². The monoisotopic (exact) mass is 331 g/mol. The SMILES string of the molecule is CN(C)[C@@H]1CCCN(C(=O)N[C@H]2CCO[C@@H](c3ccccc3)C2)C1. The number of rotatable bonds is 3. The van der Waals surface area contributed by atoms with Gasteiger partial charge in [0, 0.05) is 31.8 Å². The molecule has 2 saturated heterocycles. The zero-order valence-corrected chi connectivity index (χ0v) is 14.8. The Kier molecular flexibility index (Phi) is 5.74. The predicted octanol–water partition coefficient (Wildman–Crippen LogP) is 2.64. The minimum absolute atomic E-state index is 0.0836. The van der Waals surface area contributed by atoms with Gasteiger partial charge in [0.25, 0.3) is 0 Å². The normalized spacial score (nSPS) is 28.0. The van der Waals surface area contributed by atoms with E-state index in [0.29, 0.717) is 12.6 Å². The number of nitrogens with zero attached hydrogens (tertiary/aromatic N) is 2. The van der Waals surface area contributed by atoms with Crippen molar-refractivity contribution in [1.82, 2.24) is 15.1 Å². The molecule has 132 valence electrons. The summed E-state index contributed by atoms with van der Waals surface area (Å²) in [4.78, 5) is 16.8. The highest BCUT2D eigenvalue weighted by molar-refractivity contribution is 5.74. The van der Waals surface area contributed by atoms with Gasteiger partial charge in [0.2, 0.25) is 0 Å². The van der Waals surface area contributed by atoms with Crippen molar-refractivity contribution in [2.75, 3.05) is 33.8 Å². The number of urea groups is 1. The number of amides is 2. The van der Waals surface area contributed by atoms with E-state index in [1.807, 2.05) is 23.1 Å². The Balaban J connectivity index is 1.54. The van der Waals surface area contributed by atoms with Gasteiger partial charge in [0.05, 0.1) is 6.10 Å². The fourth-order valence-corrected chi connectivity index (χ4v) is 3.65. The molecule has 1 N–H and O–H groups in total. The van der Waals surface area contributed by atoms with Crippen LogP contribution >= 0.6 is 0 Å². The Hall–Kier alpha value is -1.59. The fourth-order valence-electron chi connectivity index (χ4n) is 3.65. The zero-order chi connectivity index (χ0) is 16.9. The van der Waals surface area contributed by atoms with E-state index < -0.39 is 0 Å². The van der Waals surface area contributed by atoms with Crippen molar-refractivity contribution in [3.05, 3.63) is 35.9 Å². The highest BCUT2D eigenvalue weighted by Crippen LogP contribution is 2.28. The van der Waals surface area contributed by atoms with Crippen LogP contribution < -0.4 is 5.32 Å². The van der Waals surface area contributed by atoms with E-state index in [0.717, 1.165) is 32.4 Å². The van der Waals surface area contributed by atoms with Gasteiger partial charge in [-0.05, 0) is 45.3 Å². The number of likely N-dealkylation sites (N-methyl/N-ethyl adjacent to an activating group) is 1. The van der Waals surface area contributed by atoms with E-state index in [9.17, 15) is 4.79 Å². The Morgan fingerprint density at radius 1 is 1.25 bits per heavy atom. The van der Waals surface area contributed by atoms with Gasteiger partial charge < -0.3 is 19.9 Å². The number of nitrogens with one attached hydrogen (secondary N) is 1. The van der Waals surface area contributed by atoms with Gasteiger partial charge in [-0.2, -0.15) is 0 Å². The second-order valence-electron chi connectivity index (χ2n) is 7.15. The number of benzene rings is 1. The van der Waals surface area contributed by atoms with Gasteiger partial charge in [-0.3, -0.25) is 0 Å². The van der Waals surface area contributed by atoms with Crippen LogP contribution in [0.25, 0.3) is 0 Å². The molecule has 0 bridgehead atoms. The molecule has 0 radical (unpaired) electrons. The lowest BCUT2D eigenvalue weighted by Crippen LogP contribution is -2.53. The molecule has 0 unspecified atom stereocenters. The first kappa shape index (κ1) is 17.2. The molecule has 24 heavy (non-hydrogen) atoms. The molecule has 5 heteroatoms. The molecule has 0 aromatic heterocycles. The molecule has 2 heterocycles. The van der Waals surface area contributed by atoms with Crippen molar-refractivity contribution >= 4 is 6.03 Å². The minimum atomic E-state index is 0.0836. The predicted molar refractivity (Wildman–Crippen MR) is 95.0 cm³/mol. The number of hydrogen-bond donors (Lipinski definition) is 1. The summed E-state index contributed by atoms with van der Waals surface area (Å²) in [7, 11) is 4.18. The maximum Gasteiger partial charge on any atom is 0.317 e. The van der Waals surface area contributed by atoms with E-state index >= 15 is 0 Å². The lowest BCUT2D eigenvalue weighted by Gasteiger charge is -2.38. The summed E-state index contributed by atoms with van der Waals surface area (Å²) in [5, 5.41) is 3.24. The quantitative estimate of drug-likeness (QED) is 0.926. The van der Waals surface area contributed by atoms with Gasteiger partial charge in [0.15, 0.2) is 0 Å². The molecule has 2 amide bonds. The highest BCUT2D eigenvalue weighted by Gasteiger charge is 2.29. The summed E-state index contributed by atoms with van der Waals surface area (Å²) in [6.07, 6.45) is 4.07. The van der Waals surface area contributed by atoms with Crippen LogP contribution in [0, 0.1) is 0 Å². The zero-order valence-electron chi connectivity index (χ0n) is 14.8. The highest BCUT2D eigenvalue weighted by atomic mass is 16.5. The first-order valence-electron chi connectivity index (χ1n) is 9.02. The van der Waals surface area contributed by atoms with Crippen LogP contribution in [0.1, 0.15) is 37.4 Å². The molecule has 5 nitrogen and oxygen atoms in total. The van der Waals surface area contributed by atoms with E-state index in [2.05, 4.69) is 36.4 Å². The van der Waals surface area contributed by atoms with Crippen molar-refractivity contribution in [2.24, 2.45) is 0 Å². The number of likely N-dealkylation sites (tertiary alicyclic amines) is 1. The summed E-state index contributed by atoms with van der Waals surface area (Å²) < 4.78 is 5.90. The van der Waals surface area contributed by atoms with Crippen molar-refractivity contribution < 1.29 is 9.53 Å². The van der Waals surface area contributed by atoms with Gasteiger partial charge in [-0.25, -0.2) is 4.79 Å². The standard InChI is InChI=1S/C19H29N3O2/c1-21(2)17-9-6-11-22(14-17)19(23)20-16-10-12-24-18(13-16)15-7-4-3-5-8-15/h3-5,7-8,16-18H,6,9-14H2,1-2H3,(H,20,23)/t16-,17+,18+/m0/s1. The molecule has 2 aliphatic heterocycles. The summed E-state index contributed by atoms with van der Waals surface area (Å²) >= 11 is 0. The molecule has 0 spiro atoms. The molecule has 2 aliphatic rings. The van der Waals surface area contributed by atoms with Crippen LogP contribution in [0.2, 0.25) is 0 Å². The topological polar surface area (TPSA) is 44.8 Å². The molecule has 1 aromatic carbocycles. The van der Waals surface area contributed by atoms with Gasteiger partial charge >= 0.3 is 6.03 Å². The number of carbonyl (C=O) groups is 1. The molecule has 3 rings (SSSR count). The third kappa shape index (κ3) is 4.28. The average molecular weight is 331 g/mol. The van der Waals surface area contributed by atoms with Crippen LogP contribution in [0.15, 0.2) is 30.3 Å². The van der Waals surface area contributed by atoms with Crippen molar-refractivity contribution in [1.29, 1.82) is 0 Å². The maximum atomic E-state index is 12.6. The Labute approximate surface area is 145 Å². The van der Waals surface area contributed by atoms with Crippen LogP contribution in [-0.4, -0.2) is 61.7 Å². The Bertz CT molecular complexity index is 535. The number of piperidine rings is 1. The lowest BCUT2D eigenvalue weighted by atomic mass is 9.97. The third-order valence-electron chi connectivity index (χ3n) is 5.20. The summed E-state index contributed by atoms with van der Waals surface area (Å²) in [6, 6.07) is 11.0. The van der Waals surface area contributed by atoms with Crippen LogP contribution in [0.4, 0.5) is 4.79 Å². The molecular formula is C19H29N3O2. The molecule has 0 saturated carbocycles. The van der Waals surface area contributed by atoms with Gasteiger partial charge in [-0.15, -0.1) is 0 Å². The smallest absolute Gasteiger partial charge is 0.317 e. The second kappa shape index (κ2) is 7.99. The number of carbonyl (C=O) groups excluding carboxylic acids is 1. The molecule has 3 atom stereocenters. The summed E-state index contributed by atoms with van der Waals surface area (Å²) in [6.45, 7) is 2.39. The fraction of sp³-hybridized carbons (Fsp3) is 0.632. The summed E-state index contributed by atoms with van der Waals surface area (Å²) in [5.41, 5.74) is 1.20. The van der Waals surface area contributed by atoms with Crippen molar-refractivity contribution in [2.45, 2.75) is 43.9 Å². The number of ether oxygens (including phenoxy) is 1. The molecule has 0 aliphatic carbocycles. The van der Waals surface area contributed by atoms with Crippen LogP contribution in [0.3, 0.4) is 0 Å². The largest absolute Gasteiger partial charge is 0.373 e.